The van der Waals surface area contributed by atoms with Crippen LogP contribution in [0.2, 0.25) is 0 Å². The number of rotatable bonds is 5. The van der Waals surface area contributed by atoms with Crippen molar-refractivity contribution in [2.24, 2.45) is 0 Å². The Morgan fingerprint density at radius 1 is 1.11 bits per heavy atom. The van der Waals surface area contributed by atoms with Gasteiger partial charge in [-0.1, -0.05) is 36.4 Å². The van der Waals surface area contributed by atoms with Crippen LogP contribution in [0.15, 0.2) is 47.3 Å². The minimum absolute atomic E-state index is 0.0758. The molecular formula is C26H23F2N3O3S. The number of likely N-dealkylation sites (tertiary alicyclic amines) is 1. The number of amides is 1. The zero-order chi connectivity index (χ0) is 25.1. The molecule has 0 saturated carbocycles. The van der Waals surface area contributed by atoms with Crippen molar-refractivity contribution in [1.82, 2.24) is 9.47 Å². The van der Waals surface area contributed by atoms with E-state index in [0.717, 1.165) is 35.3 Å². The van der Waals surface area contributed by atoms with Crippen molar-refractivity contribution in [2.45, 2.75) is 33.3 Å². The van der Waals surface area contributed by atoms with Gasteiger partial charge in [0, 0.05) is 18.7 Å². The first kappa shape index (κ1) is 24.4. The number of ether oxygens (including phenoxy) is 1. The molecule has 4 rings (SSSR count). The lowest BCUT2D eigenvalue weighted by Gasteiger charge is -2.15. The second-order valence-electron chi connectivity index (χ2n) is 8.20. The molecule has 2 aromatic carbocycles. The predicted octanol–water partition coefficient (Wildman–Crippen LogP) is 3.24. The van der Waals surface area contributed by atoms with E-state index in [0.29, 0.717) is 18.8 Å². The number of carbonyl (C=O) groups excluding carboxylic acids is 1. The lowest BCUT2D eigenvalue weighted by Crippen LogP contribution is -2.35. The number of hydrogen-bond donors (Lipinski definition) is 0. The number of thiazole rings is 1. The molecule has 3 aromatic rings. The van der Waals surface area contributed by atoms with Gasteiger partial charge in [0.15, 0.2) is 5.57 Å². The standard InChI is InChI=1S/C26H23F2N3O3S/c1-16-8-7-9-17(2)22(16)31-24(33)21(14-18-10-3-4-11-20(18)34-26(27)28)35-25(31)19(15-29)23(32)30-12-5-6-13-30/h3-4,7-11,14,26H,5-6,12-13H2,1-2H3. The molecule has 2 heterocycles. The summed E-state index contributed by atoms with van der Waals surface area (Å²) in [7, 11) is 0. The van der Waals surface area contributed by atoms with Gasteiger partial charge >= 0.3 is 6.61 Å². The molecule has 1 aromatic heterocycles. The number of halogens is 2. The van der Waals surface area contributed by atoms with E-state index in [1.54, 1.807) is 23.1 Å². The van der Waals surface area contributed by atoms with Gasteiger partial charge in [-0.2, -0.15) is 14.0 Å². The van der Waals surface area contributed by atoms with Gasteiger partial charge in [0.25, 0.3) is 11.5 Å². The molecule has 0 aliphatic carbocycles. The van der Waals surface area contributed by atoms with Crippen molar-refractivity contribution in [2.75, 3.05) is 13.1 Å². The molecule has 35 heavy (non-hydrogen) atoms. The van der Waals surface area contributed by atoms with E-state index in [1.807, 2.05) is 38.1 Å². The average molecular weight is 496 g/mol. The number of nitriles is 1. The van der Waals surface area contributed by atoms with Gasteiger partial charge < -0.3 is 9.64 Å². The van der Waals surface area contributed by atoms with E-state index in [1.165, 1.54) is 16.7 Å². The summed E-state index contributed by atoms with van der Waals surface area (Å²) in [6.07, 6.45) is 3.17. The Balaban J connectivity index is 2.06. The van der Waals surface area contributed by atoms with Gasteiger partial charge in [0.05, 0.1) is 10.2 Å². The molecule has 1 saturated heterocycles. The van der Waals surface area contributed by atoms with Crippen molar-refractivity contribution >= 4 is 28.9 Å². The van der Waals surface area contributed by atoms with Gasteiger partial charge in [-0.3, -0.25) is 14.2 Å². The van der Waals surface area contributed by atoms with Crippen LogP contribution in [0.25, 0.3) is 17.3 Å². The molecule has 0 spiro atoms. The highest BCUT2D eigenvalue weighted by Crippen LogP contribution is 2.21. The van der Waals surface area contributed by atoms with Crippen LogP contribution in [0, 0.1) is 25.2 Å². The molecule has 1 aliphatic heterocycles. The largest absolute Gasteiger partial charge is 0.434 e. The molecule has 0 bridgehead atoms. The molecule has 1 aliphatic rings. The Kier molecular flexibility index (Phi) is 7.12. The minimum atomic E-state index is -3.02. The Bertz CT molecular complexity index is 1470. The highest BCUT2D eigenvalue weighted by molar-refractivity contribution is 7.07. The first-order valence-corrected chi connectivity index (χ1v) is 11.9. The van der Waals surface area contributed by atoms with Crippen molar-refractivity contribution in [3.8, 4) is 17.5 Å². The van der Waals surface area contributed by atoms with Crippen LogP contribution in [0.3, 0.4) is 0 Å². The number of nitrogens with zero attached hydrogens (tertiary/aromatic N) is 3. The summed E-state index contributed by atoms with van der Waals surface area (Å²) in [5.74, 6) is -0.493. The third-order valence-corrected chi connectivity index (χ3v) is 6.93. The number of aryl methyl sites for hydroxylation is 2. The van der Waals surface area contributed by atoms with Crippen LogP contribution in [0.5, 0.6) is 5.75 Å². The Morgan fingerprint density at radius 2 is 1.77 bits per heavy atom. The maximum absolute atomic E-state index is 13.7. The number of para-hydroxylation sites is 2. The molecule has 6 nitrogen and oxygen atoms in total. The van der Waals surface area contributed by atoms with Crippen LogP contribution < -0.4 is 19.5 Å². The average Bonchev–Trinajstić information content (AvgIpc) is 3.45. The quantitative estimate of drug-likeness (QED) is 0.545. The lowest BCUT2D eigenvalue weighted by atomic mass is 10.1. The third-order valence-electron chi connectivity index (χ3n) is 5.84. The molecule has 0 radical (unpaired) electrons. The zero-order valence-electron chi connectivity index (χ0n) is 19.3. The maximum Gasteiger partial charge on any atom is 0.387 e. The van der Waals surface area contributed by atoms with E-state index in [-0.39, 0.29) is 26.1 Å². The van der Waals surface area contributed by atoms with Crippen LogP contribution >= 0.6 is 11.3 Å². The second-order valence-corrected chi connectivity index (χ2v) is 9.23. The molecule has 0 atom stereocenters. The summed E-state index contributed by atoms with van der Waals surface area (Å²) >= 11 is 0.985. The van der Waals surface area contributed by atoms with Crippen LogP contribution in [-0.2, 0) is 4.79 Å². The van der Waals surface area contributed by atoms with Crippen LogP contribution in [0.4, 0.5) is 8.78 Å². The highest BCUT2D eigenvalue weighted by Gasteiger charge is 2.25. The third kappa shape index (κ3) is 4.88. The maximum atomic E-state index is 13.7. The van der Waals surface area contributed by atoms with Gasteiger partial charge in [0.2, 0.25) is 0 Å². The lowest BCUT2D eigenvalue weighted by molar-refractivity contribution is -0.123. The molecule has 1 amide bonds. The SMILES string of the molecule is Cc1cccc(C)c1-n1c(=C(C#N)C(=O)N2CCCC2)sc(=Cc2ccccc2OC(F)F)c1=O. The summed E-state index contributed by atoms with van der Waals surface area (Å²) in [5.41, 5.74) is 1.90. The summed E-state index contributed by atoms with van der Waals surface area (Å²) in [6, 6.07) is 13.7. The van der Waals surface area contributed by atoms with E-state index < -0.39 is 18.1 Å². The van der Waals surface area contributed by atoms with Gasteiger partial charge in [0.1, 0.15) is 16.5 Å². The summed E-state index contributed by atoms with van der Waals surface area (Å²) in [5, 5.41) is 10.00. The Labute approximate surface area is 204 Å². The first-order valence-electron chi connectivity index (χ1n) is 11.1. The van der Waals surface area contributed by atoms with E-state index in [2.05, 4.69) is 4.74 Å². The molecule has 1 fully saturated rings. The van der Waals surface area contributed by atoms with Crippen LogP contribution in [-0.4, -0.2) is 35.1 Å². The number of benzene rings is 2. The van der Waals surface area contributed by atoms with E-state index >= 15 is 0 Å². The molecule has 0 unspecified atom stereocenters. The topological polar surface area (TPSA) is 75.3 Å². The van der Waals surface area contributed by atoms with Crippen LogP contribution in [0.1, 0.15) is 29.5 Å². The second kappa shape index (κ2) is 10.2. The first-order chi connectivity index (χ1) is 16.8. The van der Waals surface area contributed by atoms with Crippen molar-refractivity contribution in [3.63, 3.8) is 0 Å². The zero-order valence-corrected chi connectivity index (χ0v) is 20.1. The summed E-state index contributed by atoms with van der Waals surface area (Å²) in [6.45, 7) is 1.78. The fourth-order valence-corrected chi connectivity index (χ4v) is 5.29. The van der Waals surface area contributed by atoms with Crippen molar-refractivity contribution in [1.29, 1.82) is 5.26 Å². The number of alkyl halides is 2. The van der Waals surface area contributed by atoms with Crippen molar-refractivity contribution < 1.29 is 18.3 Å². The van der Waals surface area contributed by atoms with E-state index in [9.17, 15) is 23.6 Å². The number of hydrogen-bond acceptors (Lipinski definition) is 5. The minimum Gasteiger partial charge on any atom is -0.434 e. The normalized spacial score (nSPS) is 14.9. The fourth-order valence-electron chi connectivity index (χ4n) is 4.22. The highest BCUT2D eigenvalue weighted by atomic mass is 32.1. The molecule has 9 heteroatoms. The van der Waals surface area contributed by atoms with Gasteiger partial charge in [-0.15, -0.1) is 11.3 Å². The van der Waals surface area contributed by atoms with Gasteiger partial charge in [-0.25, -0.2) is 0 Å². The number of aromatic nitrogens is 1. The molecular weight excluding hydrogens is 472 g/mol. The Morgan fingerprint density at radius 3 is 2.40 bits per heavy atom. The summed E-state index contributed by atoms with van der Waals surface area (Å²) in [4.78, 5) is 28.5. The van der Waals surface area contributed by atoms with Gasteiger partial charge in [-0.05, 0) is 50.0 Å². The number of carbonyl (C=O) groups is 1. The molecule has 180 valence electrons. The van der Waals surface area contributed by atoms with E-state index in [4.69, 9.17) is 0 Å². The predicted molar refractivity (Wildman–Crippen MR) is 130 cm³/mol. The Hall–Kier alpha value is -3.77. The smallest absolute Gasteiger partial charge is 0.387 e. The molecule has 0 N–H and O–H groups in total. The monoisotopic (exact) mass is 495 g/mol. The summed E-state index contributed by atoms with van der Waals surface area (Å²) < 4.78 is 32.2. The fraction of sp³-hybridized carbons (Fsp3) is 0.269. The van der Waals surface area contributed by atoms with Crippen molar-refractivity contribution in [3.05, 3.63) is 78.7 Å².